The average molecular weight is 364 g/mol. The van der Waals surface area contributed by atoms with Crippen molar-refractivity contribution in [1.82, 2.24) is 5.16 Å². The molecule has 138 valence electrons. The Balaban J connectivity index is 1.50. The Labute approximate surface area is 157 Å². The summed E-state index contributed by atoms with van der Waals surface area (Å²) in [7, 11) is 0. The molecule has 0 aliphatic carbocycles. The van der Waals surface area contributed by atoms with Gasteiger partial charge in [0, 0.05) is 12.2 Å². The molecule has 1 unspecified atom stereocenters. The highest BCUT2D eigenvalue weighted by Gasteiger charge is 2.20. The summed E-state index contributed by atoms with van der Waals surface area (Å²) >= 11 is 0. The average Bonchev–Trinajstić information content (AvgIpc) is 3.40. The van der Waals surface area contributed by atoms with E-state index in [0.29, 0.717) is 29.4 Å². The molecule has 3 aromatic rings. The number of aromatic nitrogens is 1. The Bertz CT molecular complexity index is 901. The maximum Gasteiger partial charge on any atom is 0.261 e. The van der Waals surface area contributed by atoms with E-state index in [2.05, 4.69) is 10.5 Å². The fourth-order valence-corrected chi connectivity index (χ4v) is 3.04. The van der Waals surface area contributed by atoms with Crippen LogP contribution in [-0.2, 0) is 4.74 Å². The van der Waals surface area contributed by atoms with Crippen molar-refractivity contribution >= 4 is 11.6 Å². The standard InChI is InChI=1S/C21H20N2O4/c24-21(17-13-22-27-20(17)15-7-2-1-3-8-15)23-18-10-4-5-11-19(18)26-14-16-9-6-12-25-16/h1-5,7-8,10-11,13,16H,6,9,12,14H2,(H,23,24). The van der Waals surface area contributed by atoms with Crippen LogP contribution in [0.2, 0.25) is 0 Å². The van der Waals surface area contributed by atoms with Crippen LogP contribution in [0.1, 0.15) is 23.2 Å². The first-order valence-corrected chi connectivity index (χ1v) is 8.96. The maximum atomic E-state index is 12.8. The number of hydrogen-bond acceptors (Lipinski definition) is 5. The van der Waals surface area contributed by atoms with Crippen molar-refractivity contribution in [2.75, 3.05) is 18.5 Å². The minimum atomic E-state index is -0.303. The number of hydrogen-bond donors (Lipinski definition) is 1. The zero-order valence-corrected chi connectivity index (χ0v) is 14.8. The minimum Gasteiger partial charge on any atom is -0.489 e. The Hall–Kier alpha value is -3.12. The second-order valence-electron chi connectivity index (χ2n) is 6.33. The molecule has 1 aliphatic heterocycles. The van der Waals surface area contributed by atoms with Crippen LogP contribution in [0.15, 0.2) is 65.3 Å². The number of ether oxygens (including phenoxy) is 2. The van der Waals surface area contributed by atoms with Crippen molar-refractivity contribution in [2.45, 2.75) is 18.9 Å². The summed E-state index contributed by atoms with van der Waals surface area (Å²) in [5.74, 6) is 0.744. The quantitative estimate of drug-likeness (QED) is 0.711. The summed E-state index contributed by atoms with van der Waals surface area (Å²) in [5.41, 5.74) is 1.76. The lowest BCUT2D eigenvalue weighted by Gasteiger charge is -2.15. The third-order valence-electron chi connectivity index (χ3n) is 4.44. The van der Waals surface area contributed by atoms with E-state index >= 15 is 0 Å². The van der Waals surface area contributed by atoms with Gasteiger partial charge in [-0.1, -0.05) is 47.6 Å². The summed E-state index contributed by atoms with van der Waals surface area (Å²) in [5, 5.41) is 6.68. The van der Waals surface area contributed by atoms with E-state index in [0.717, 1.165) is 25.0 Å². The number of anilines is 1. The molecule has 0 saturated carbocycles. The van der Waals surface area contributed by atoms with E-state index in [9.17, 15) is 4.79 Å². The molecule has 6 nitrogen and oxygen atoms in total. The van der Waals surface area contributed by atoms with Gasteiger partial charge in [0.1, 0.15) is 17.9 Å². The van der Waals surface area contributed by atoms with Gasteiger partial charge in [-0.15, -0.1) is 0 Å². The number of amides is 1. The van der Waals surface area contributed by atoms with Crippen LogP contribution in [-0.4, -0.2) is 30.4 Å². The molecule has 6 heteroatoms. The first-order chi connectivity index (χ1) is 13.3. The van der Waals surface area contributed by atoms with Gasteiger partial charge in [-0.3, -0.25) is 4.79 Å². The summed E-state index contributed by atoms with van der Waals surface area (Å²) in [6.07, 6.45) is 3.59. The van der Waals surface area contributed by atoms with Crippen molar-refractivity contribution in [3.63, 3.8) is 0 Å². The highest BCUT2D eigenvalue weighted by atomic mass is 16.5. The van der Waals surface area contributed by atoms with Crippen LogP contribution in [0, 0.1) is 0 Å². The minimum absolute atomic E-state index is 0.108. The van der Waals surface area contributed by atoms with E-state index in [1.165, 1.54) is 6.20 Å². The highest BCUT2D eigenvalue weighted by molar-refractivity contribution is 6.08. The number of rotatable bonds is 6. The van der Waals surface area contributed by atoms with E-state index in [1.54, 1.807) is 6.07 Å². The largest absolute Gasteiger partial charge is 0.489 e. The molecule has 0 spiro atoms. The van der Waals surface area contributed by atoms with Gasteiger partial charge in [-0.05, 0) is 25.0 Å². The van der Waals surface area contributed by atoms with Gasteiger partial charge >= 0.3 is 0 Å². The van der Waals surface area contributed by atoms with E-state index in [1.807, 2.05) is 48.5 Å². The Kier molecular flexibility index (Phi) is 5.16. The van der Waals surface area contributed by atoms with Crippen molar-refractivity contribution in [2.24, 2.45) is 0 Å². The Morgan fingerprint density at radius 1 is 1.15 bits per heavy atom. The smallest absolute Gasteiger partial charge is 0.261 e. The third kappa shape index (κ3) is 4.01. The number of benzene rings is 2. The molecule has 2 heterocycles. The van der Waals surface area contributed by atoms with Crippen LogP contribution in [0.4, 0.5) is 5.69 Å². The molecule has 4 rings (SSSR count). The molecular formula is C21H20N2O4. The molecule has 0 bridgehead atoms. The highest BCUT2D eigenvalue weighted by Crippen LogP contribution is 2.28. The molecule has 1 amide bonds. The number of nitrogens with zero attached hydrogens (tertiary/aromatic N) is 1. The first kappa shape index (κ1) is 17.3. The van der Waals surface area contributed by atoms with Crippen LogP contribution in [0.25, 0.3) is 11.3 Å². The molecule has 1 N–H and O–H groups in total. The molecule has 1 fully saturated rings. The van der Waals surface area contributed by atoms with Gasteiger partial charge in [0.05, 0.1) is 18.0 Å². The second-order valence-corrected chi connectivity index (χ2v) is 6.33. The number of nitrogens with one attached hydrogen (secondary N) is 1. The fraction of sp³-hybridized carbons (Fsp3) is 0.238. The van der Waals surface area contributed by atoms with E-state index in [-0.39, 0.29) is 12.0 Å². The zero-order valence-electron chi connectivity index (χ0n) is 14.8. The van der Waals surface area contributed by atoms with Crippen molar-refractivity contribution in [3.05, 3.63) is 66.4 Å². The van der Waals surface area contributed by atoms with Crippen LogP contribution in [0.3, 0.4) is 0 Å². The van der Waals surface area contributed by atoms with E-state index in [4.69, 9.17) is 14.0 Å². The molecule has 27 heavy (non-hydrogen) atoms. The van der Waals surface area contributed by atoms with Crippen LogP contribution >= 0.6 is 0 Å². The molecule has 1 saturated heterocycles. The summed E-state index contributed by atoms with van der Waals surface area (Å²) in [4.78, 5) is 12.8. The molecule has 1 aliphatic rings. The van der Waals surface area contributed by atoms with E-state index < -0.39 is 0 Å². The molecule has 1 aromatic heterocycles. The van der Waals surface area contributed by atoms with Gasteiger partial charge in [-0.25, -0.2) is 0 Å². The lowest BCUT2D eigenvalue weighted by atomic mass is 10.1. The van der Waals surface area contributed by atoms with Crippen LogP contribution < -0.4 is 10.1 Å². The lowest BCUT2D eigenvalue weighted by Crippen LogP contribution is -2.18. The Morgan fingerprint density at radius 3 is 2.78 bits per heavy atom. The van der Waals surface area contributed by atoms with Gasteiger partial charge < -0.3 is 19.3 Å². The third-order valence-corrected chi connectivity index (χ3v) is 4.44. The summed E-state index contributed by atoms with van der Waals surface area (Å²) < 4.78 is 16.8. The number of para-hydroxylation sites is 2. The molecule has 0 radical (unpaired) electrons. The van der Waals surface area contributed by atoms with Gasteiger partial charge in [0.2, 0.25) is 0 Å². The SMILES string of the molecule is O=C(Nc1ccccc1OCC1CCCO1)c1cnoc1-c1ccccc1. The molecule has 2 aromatic carbocycles. The summed E-state index contributed by atoms with van der Waals surface area (Å²) in [6, 6.07) is 16.8. The lowest BCUT2D eigenvalue weighted by molar-refractivity contribution is 0.0682. The normalized spacial score (nSPS) is 16.2. The van der Waals surface area contributed by atoms with Crippen molar-refractivity contribution in [3.8, 4) is 17.1 Å². The fourth-order valence-electron chi connectivity index (χ4n) is 3.04. The number of carbonyl (C=O) groups is 1. The van der Waals surface area contributed by atoms with Crippen LogP contribution in [0.5, 0.6) is 5.75 Å². The second kappa shape index (κ2) is 8.05. The zero-order chi connectivity index (χ0) is 18.5. The first-order valence-electron chi connectivity index (χ1n) is 8.96. The monoisotopic (exact) mass is 364 g/mol. The number of carbonyl (C=O) groups excluding carboxylic acids is 1. The van der Waals surface area contributed by atoms with Gasteiger partial charge in [-0.2, -0.15) is 0 Å². The maximum absolute atomic E-state index is 12.8. The predicted molar refractivity (Wildman–Crippen MR) is 101 cm³/mol. The molecular weight excluding hydrogens is 344 g/mol. The predicted octanol–water partition coefficient (Wildman–Crippen LogP) is 4.15. The van der Waals surface area contributed by atoms with Crippen molar-refractivity contribution in [1.29, 1.82) is 0 Å². The Morgan fingerprint density at radius 2 is 1.96 bits per heavy atom. The van der Waals surface area contributed by atoms with Crippen molar-refractivity contribution < 1.29 is 18.8 Å². The van der Waals surface area contributed by atoms with Gasteiger partial charge in [0.15, 0.2) is 5.76 Å². The summed E-state index contributed by atoms with van der Waals surface area (Å²) in [6.45, 7) is 1.25. The van der Waals surface area contributed by atoms with Gasteiger partial charge in [0.25, 0.3) is 5.91 Å². The topological polar surface area (TPSA) is 73.6 Å². The molecule has 1 atom stereocenters.